The van der Waals surface area contributed by atoms with Gasteiger partial charge in [0.1, 0.15) is 11.3 Å². The van der Waals surface area contributed by atoms with Crippen molar-refractivity contribution in [3.8, 4) is 0 Å². The van der Waals surface area contributed by atoms with Crippen molar-refractivity contribution < 1.29 is 4.74 Å². The molecule has 0 spiro atoms. The number of epoxide rings is 1. The molecule has 8 heavy (non-hydrogen) atoms. The van der Waals surface area contributed by atoms with E-state index in [4.69, 9.17) is 4.74 Å². The van der Waals surface area contributed by atoms with Gasteiger partial charge in [-0.2, -0.15) is 0 Å². The number of ether oxygens (including phenoxy) is 1. The molecule has 0 aliphatic carbocycles. The van der Waals surface area contributed by atoms with E-state index in [9.17, 15) is 0 Å². The van der Waals surface area contributed by atoms with E-state index in [-0.39, 0.29) is 11.3 Å². The highest BCUT2D eigenvalue weighted by atomic mass is 16.6. The molecule has 1 N–H and O–H groups in total. The Hall–Kier alpha value is -0.0800. The Morgan fingerprint density at radius 1 is 1.25 bits per heavy atom. The molecular formula is C6H13NO. The summed E-state index contributed by atoms with van der Waals surface area (Å²) in [4.78, 5) is 0. The maximum Gasteiger partial charge on any atom is 0.145 e. The lowest BCUT2D eigenvalue weighted by Crippen LogP contribution is -2.31. The van der Waals surface area contributed by atoms with Crippen LogP contribution in [0.15, 0.2) is 0 Å². The Labute approximate surface area is 50.2 Å². The van der Waals surface area contributed by atoms with Crippen LogP contribution >= 0.6 is 0 Å². The van der Waals surface area contributed by atoms with Crippen molar-refractivity contribution in [2.75, 3.05) is 7.05 Å². The van der Waals surface area contributed by atoms with Gasteiger partial charge in [-0.25, -0.2) is 0 Å². The minimum absolute atomic E-state index is 0.0434. The molecule has 0 saturated carbocycles. The van der Waals surface area contributed by atoms with Gasteiger partial charge < -0.3 is 4.74 Å². The topological polar surface area (TPSA) is 24.6 Å². The molecule has 0 aromatic rings. The highest BCUT2D eigenvalue weighted by molar-refractivity contribution is 5.04. The molecule has 0 radical (unpaired) electrons. The molecule has 1 heterocycles. The Kier molecular flexibility index (Phi) is 0.946. The first kappa shape index (κ1) is 6.05. The fraction of sp³-hybridized carbons (Fsp3) is 1.00. The SMILES string of the molecule is CN[C@@]1(C)OC1(C)C. The lowest BCUT2D eigenvalue weighted by atomic mass is 10.1. The first-order valence-corrected chi connectivity index (χ1v) is 2.91. The van der Waals surface area contributed by atoms with E-state index in [1.165, 1.54) is 0 Å². The maximum atomic E-state index is 5.33. The quantitative estimate of drug-likeness (QED) is 0.509. The summed E-state index contributed by atoms with van der Waals surface area (Å²) in [5, 5.41) is 3.08. The molecule has 1 fully saturated rings. The van der Waals surface area contributed by atoms with Crippen molar-refractivity contribution in [1.29, 1.82) is 0 Å². The third-order valence-electron chi connectivity index (χ3n) is 2.04. The molecule has 1 rings (SSSR count). The predicted molar refractivity (Wildman–Crippen MR) is 32.6 cm³/mol. The number of hydrogen-bond acceptors (Lipinski definition) is 2. The van der Waals surface area contributed by atoms with Crippen molar-refractivity contribution in [2.24, 2.45) is 0 Å². The normalized spacial score (nSPS) is 42.0. The van der Waals surface area contributed by atoms with E-state index in [0.29, 0.717) is 0 Å². The van der Waals surface area contributed by atoms with Gasteiger partial charge in [0.25, 0.3) is 0 Å². The van der Waals surface area contributed by atoms with Gasteiger partial charge in [0.2, 0.25) is 0 Å². The average Bonchev–Trinajstić information content (AvgIpc) is 2.10. The number of nitrogens with one attached hydrogen (secondary N) is 1. The van der Waals surface area contributed by atoms with Crippen molar-refractivity contribution in [1.82, 2.24) is 5.32 Å². The zero-order valence-electron chi connectivity index (χ0n) is 5.91. The van der Waals surface area contributed by atoms with E-state index < -0.39 is 0 Å². The van der Waals surface area contributed by atoms with Crippen LogP contribution in [0.25, 0.3) is 0 Å². The molecule has 2 nitrogen and oxygen atoms in total. The number of likely N-dealkylation sites (N-methyl/N-ethyl adjacent to an activating group) is 1. The molecule has 1 aliphatic heterocycles. The second kappa shape index (κ2) is 1.25. The maximum absolute atomic E-state index is 5.33. The average molecular weight is 115 g/mol. The van der Waals surface area contributed by atoms with Crippen molar-refractivity contribution in [3.63, 3.8) is 0 Å². The van der Waals surface area contributed by atoms with Crippen LogP contribution < -0.4 is 5.32 Å². The summed E-state index contributed by atoms with van der Waals surface area (Å²) in [5.41, 5.74) is -0.0191. The van der Waals surface area contributed by atoms with Crippen molar-refractivity contribution in [2.45, 2.75) is 32.1 Å². The molecule has 2 heteroatoms. The van der Waals surface area contributed by atoms with E-state index in [0.717, 1.165) is 0 Å². The van der Waals surface area contributed by atoms with Crippen molar-refractivity contribution in [3.05, 3.63) is 0 Å². The summed E-state index contributed by atoms with van der Waals surface area (Å²) in [6.45, 7) is 6.19. The largest absolute Gasteiger partial charge is 0.348 e. The lowest BCUT2D eigenvalue weighted by molar-refractivity contribution is 0.266. The standard InChI is InChI=1S/C6H13NO/c1-5(2)6(3,7-4)8-5/h7H,1-4H3/t6-/m0/s1. The van der Waals surface area contributed by atoms with Crippen LogP contribution in [-0.2, 0) is 4.74 Å². The summed E-state index contributed by atoms with van der Waals surface area (Å²) < 4.78 is 5.33. The summed E-state index contributed by atoms with van der Waals surface area (Å²) >= 11 is 0. The summed E-state index contributed by atoms with van der Waals surface area (Å²) in [5.74, 6) is 0. The van der Waals surface area contributed by atoms with Gasteiger partial charge in [-0.05, 0) is 27.8 Å². The summed E-state index contributed by atoms with van der Waals surface area (Å²) in [6.07, 6.45) is 0. The van der Waals surface area contributed by atoms with Crippen LogP contribution in [0.4, 0.5) is 0 Å². The minimum Gasteiger partial charge on any atom is -0.348 e. The summed E-state index contributed by atoms with van der Waals surface area (Å²) in [6, 6.07) is 0. The second-order valence-electron chi connectivity index (χ2n) is 2.90. The fourth-order valence-electron chi connectivity index (χ4n) is 0.837. The van der Waals surface area contributed by atoms with Crippen molar-refractivity contribution >= 4 is 0 Å². The van der Waals surface area contributed by atoms with Crippen LogP contribution in [-0.4, -0.2) is 18.4 Å². The zero-order valence-corrected chi connectivity index (χ0v) is 5.91. The van der Waals surface area contributed by atoms with E-state index >= 15 is 0 Å². The van der Waals surface area contributed by atoms with Gasteiger partial charge in [-0.1, -0.05) is 0 Å². The molecule has 1 aliphatic rings. The fourth-order valence-corrected chi connectivity index (χ4v) is 0.837. The third kappa shape index (κ3) is 0.565. The third-order valence-corrected chi connectivity index (χ3v) is 2.04. The molecule has 0 unspecified atom stereocenters. The Balaban J connectivity index is 2.55. The Bertz CT molecular complexity index is 111. The Morgan fingerprint density at radius 2 is 1.62 bits per heavy atom. The number of hydrogen-bond donors (Lipinski definition) is 1. The second-order valence-corrected chi connectivity index (χ2v) is 2.90. The summed E-state index contributed by atoms with van der Waals surface area (Å²) in [7, 11) is 1.91. The smallest absolute Gasteiger partial charge is 0.145 e. The van der Waals surface area contributed by atoms with Crippen LogP contribution in [0, 0.1) is 0 Å². The Morgan fingerprint density at radius 3 is 1.62 bits per heavy atom. The molecule has 1 atom stereocenters. The van der Waals surface area contributed by atoms with Gasteiger partial charge in [-0.15, -0.1) is 0 Å². The minimum atomic E-state index is -0.0625. The highest BCUT2D eigenvalue weighted by Crippen LogP contribution is 2.43. The van der Waals surface area contributed by atoms with Crippen LogP contribution in [0.1, 0.15) is 20.8 Å². The van der Waals surface area contributed by atoms with E-state index in [2.05, 4.69) is 19.2 Å². The highest BCUT2D eigenvalue weighted by Gasteiger charge is 2.59. The molecule has 0 aromatic heterocycles. The predicted octanol–water partition coefficient (Wildman–Crippen LogP) is 0.731. The molecule has 48 valence electrons. The van der Waals surface area contributed by atoms with Gasteiger partial charge in [0.05, 0.1) is 0 Å². The monoisotopic (exact) mass is 115 g/mol. The van der Waals surface area contributed by atoms with Gasteiger partial charge in [0.15, 0.2) is 0 Å². The molecule has 0 bridgehead atoms. The first-order valence-electron chi connectivity index (χ1n) is 2.91. The van der Waals surface area contributed by atoms with Crippen LogP contribution in [0.3, 0.4) is 0 Å². The van der Waals surface area contributed by atoms with Crippen LogP contribution in [0.5, 0.6) is 0 Å². The molecule has 0 amide bonds. The number of rotatable bonds is 1. The zero-order chi connectivity index (χ0) is 6.41. The molecule has 1 saturated heterocycles. The van der Waals surface area contributed by atoms with Gasteiger partial charge in [0, 0.05) is 0 Å². The van der Waals surface area contributed by atoms with E-state index in [1.54, 1.807) is 0 Å². The van der Waals surface area contributed by atoms with Gasteiger partial charge >= 0.3 is 0 Å². The van der Waals surface area contributed by atoms with E-state index in [1.807, 2.05) is 14.0 Å². The molecular weight excluding hydrogens is 102 g/mol. The first-order chi connectivity index (χ1) is 3.52. The van der Waals surface area contributed by atoms with Crippen LogP contribution in [0.2, 0.25) is 0 Å². The lowest BCUT2D eigenvalue weighted by Gasteiger charge is -2.04. The van der Waals surface area contributed by atoms with Gasteiger partial charge in [-0.3, -0.25) is 5.32 Å². The molecule has 0 aromatic carbocycles.